The fourth-order valence-corrected chi connectivity index (χ4v) is 3.03. The smallest absolute Gasteiger partial charge is 0.234 e. The third-order valence-electron chi connectivity index (χ3n) is 4.23. The third kappa shape index (κ3) is 5.26. The van der Waals surface area contributed by atoms with Crippen LogP contribution in [-0.2, 0) is 6.54 Å². The number of pyridine rings is 1. The van der Waals surface area contributed by atoms with Gasteiger partial charge in [-0.3, -0.25) is 4.98 Å². The summed E-state index contributed by atoms with van der Waals surface area (Å²) in [4.78, 5) is 15.4. The zero-order chi connectivity index (χ0) is 18.2. The molecule has 0 saturated carbocycles. The maximum atomic E-state index is 5.36. The number of hydrogen-bond acceptors (Lipinski definition) is 6. The molecule has 1 saturated heterocycles. The first-order valence-electron chi connectivity index (χ1n) is 8.86. The maximum Gasteiger partial charge on any atom is 0.234 e. The Bertz CT molecular complexity index is 719. The van der Waals surface area contributed by atoms with Crippen molar-refractivity contribution in [3.8, 4) is 5.88 Å². The van der Waals surface area contributed by atoms with Gasteiger partial charge in [0.05, 0.1) is 7.11 Å². The third-order valence-corrected chi connectivity index (χ3v) is 4.48. The van der Waals surface area contributed by atoms with Crippen molar-refractivity contribution in [3.63, 3.8) is 0 Å². The monoisotopic (exact) mass is 372 g/mol. The number of aromatic nitrogens is 3. The molecule has 138 valence electrons. The molecule has 0 atom stereocenters. The van der Waals surface area contributed by atoms with Crippen LogP contribution in [0.15, 0.2) is 30.6 Å². The molecule has 0 radical (unpaired) electrons. The van der Waals surface area contributed by atoms with Crippen LogP contribution in [0.3, 0.4) is 0 Å². The summed E-state index contributed by atoms with van der Waals surface area (Å²) < 4.78 is 5.34. The van der Waals surface area contributed by atoms with Gasteiger partial charge in [0.2, 0.25) is 11.8 Å². The van der Waals surface area contributed by atoms with Crippen LogP contribution in [0.2, 0.25) is 0 Å². The van der Waals surface area contributed by atoms with E-state index >= 15 is 0 Å². The molecule has 0 aliphatic carbocycles. The predicted molar refractivity (Wildman–Crippen MR) is 107 cm³/mol. The summed E-state index contributed by atoms with van der Waals surface area (Å²) in [6.07, 6.45) is 8.45. The molecule has 0 aromatic carbocycles. The van der Waals surface area contributed by atoms with Crippen molar-refractivity contribution >= 4 is 29.1 Å². The summed E-state index contributed by atoms with van der Waals surface area (Å²) >= 11 is 5.36. The Labute approximate surface area is 159 Å². The topological polar surface area (TPSA) is 75.2 Å². The summed E-state index contributed by atoms with van der Waals surface area (Å²) in [5.74, 6) is 1.83. The number of nitrogens with zero attached hydrogens (tertiary/aromatic N) is 4. The van der Waals surface area contributed by atoms with E-state index in [9.17, 15) is 0 Å². The minimum atomic E-state index is 0.437. The molecule has 1 aliphatic heterocycles. The van der Waals surface area contributed by atoms with E-state index in [-0.39, 0.29) is 0 Å². The van der Waals surface area contributed by atoms with Crippen LogP contribution in [0.5, 0.6) is 5.88 Å². The lowest BCUT2D eigenvalue weighted by atomic mass is 10.2. The van der Waals surface area contributed by atoms with Crippen molar-refractivity contribution in [2.45, 2.75) is 32.2 Å². The van der Waals surface area contributed by atoms with Gasteiger partial charge in [0.1, 0.15) is 5.82 Å². The number of ether oxygens (including phenoxy) is 1. The van der Waals surface area contributed by atoms with Crippen LogP contribution in [0.4, 0.5) is 11.8 Å². The fourth-order valence-electron chi connectivity index (χ4n) is 2.87. The van der Waals surface area contributed by atoms with Gasteiger partial charge >= 0.3 is 0 Å². The molecule has 0 bridgehead atoms. The molecule has 0 unspecified atom stereocenters. The number of hydrogen-bond donors (Lipinski definition) is 2. The predicted octanol–water partition coefficient (Wildman–Crippen LogP) is 2.75. The van der Waals surface area contributed by atoms with Gasteiger partial charge < -0.3 is 20.3 Å². The number of nitrogens with one attached hydrogen (secondary N) is 2. The minimum Gasteiger partial charge on any atom is -0.481 e. The lowest BCUT2D eigenvalue weighted by Crippen LogP contribution is -2.30. The van der Waals surface area contributed by atoms with E-state index in [1.54, 1.807) is 19.5 Å². The van der Waals surface area contributed by atoms with Gasteiger partial charge in [-0.1, -0.05) is 18.9 Å². The van der Waals surface area contributed by atoms with E-state index in [2.05, 4.69) is 30.5 Å². The van der Waals surface area contributed by atoms with Crippen LogP contribution in [0.25, 0.3) is 0 Å². The van der Waals surface area contributed by atoms with Crippen LogP contribution in [-0.4, -0.2) is 40.3 Å². The first-order chi connectivity index (χ1) is 12.7. The maximum absolute atomic E-state index is 5.36. The van der Waals surface area contributed by atoms with E-state index in [4.69, 9.17) is 17.0 Å². The Hall–Kier alpha value is -2.48. The molecular formula is C18H24N6OS. The molecule has 1 fully saturated rings. The average molecular weight is 372 g/mol. The zero-order valence-electron chi connectivity index (χ0n) is 14.9. The van der Waals surface area contributed by atoms with Crippen molar-refractivity contribution in [2.24, 2.45) is 0 Å². The highest BCUT2D eigenvalue weighted by molar-refractivity contribution is 7.80. The van der Waals surface area contributed by atoms with Crippen LogP contribution in [0, 0.1) is 0 Å². The highest BCUT2D eigenvalue weighted by Crippen LogP contribution is 2.22. The summed E-state index contributed by atoms with van der Waals surface area (Å²) in [6, 6.07) is 5.76. The number of thiocarbonyl (C=S) groups is 1. The quantitative estimate of drug-likeness (QED) is 0.776. The Balaban J connectivity index is 1.66. The standard InChI is InChI=1S/C18H24N6OS/c1-25-16-11-15(24-9-4-2-3-5-10-24)21-17(22-16)23-18(26)20-13-14-7-6-8-19-12-14/h6-8,11-12H,2-5,9-10,13H2,1H3,(H2,20,21,22,23,26). The lowest BCUT2D eigenvalue weighted by Gasteiger charge is -2.22. The molecule has 0 spiro atoms. The summed E-state index contributed by atoms with van der Waals surface area (Å²) in [5.41, 5.74) is 1.05. The average Bonchev–Trinajstić information content (AvgIpc) is 2.96. The lowest BCUT2D eigenvalue weighted by molar-refractivity contribution is 0.397. The highest BCUT2D eigenvalue weighted by atomic mass is 32.1. The van der Waals surface area contributed by atoms with Crippen LogP contribution in [0.1, 0.15) is 31.2 Å². The Kier molecular flexibility index (Phi) is 6.54. The first kappa shape index (κ1) is 18.3. The summed E-state index contributed by atoms with van der Waals surface area (Å²) in [5, 5.41) is 6.65. The van der Waals surface area contributed by atoms with Crippen molar-refractivity contribution in [1.82, 2.24) is 20.3 Å². The van der Waals surface area contributed by atoms with Crippen molar-refractivity contribution in [1.29, 1.82) is 0 Å². The number of anilines is 2. The Morgan fingerprint density at radius 3 is 2.73 bits per heavy atom. The Morgan fingerprint density at radius 1 is 1.23 bits per heavy atom. The number of rotatable bonds is 5. The van der Waals surface area contributed by atoms with Gasteiger partial charge in [-0.2, -0.15) is 9.97 Å². The second-order valence-corrected chi connectivity index (χ2v) is 6.57. The normalized spacial score (nSPS) is 14.4. The molecule has 2 N–H and O–H groups in total. The largest absolute Gasteiger partial charge is 0.481 e. The molecule has 26 heavy (non-hydrogen) atoms. The van der Waals surface area contributed by atoms with Crippen molar-refractivity contribution in [3.05, 3.63) is 36.2 Å². The van der Waals surface area contributed by atoms with E-state index in [1.807, 2.05) is 18.2 Å². The highest BCUT2D eigenvalue weighted by Gasteiger charge is 2.14. The summed E-state index contributed by atoms with van der Waals surface area (Å²) in [7, 11) is 1.61. The minimum absolute atomic E-state index is 0.437. The van der Waals surface area contributed by atoms with Gasteiger partial charge in [0.15, 0.2) is 5.11 Å². The second kappa shape index (κ2) is 9.28. The van der Waals surface area contributed by atoms with Gasteiger partial charge in [-0.15, -0.1) is 0 Å². The van der Waals surface area contributed by atoms with E-state index in [0.717, 1.165) is 24.5 Å². The van der Waals surface area contributed by atoms with Crippen LogP contribution >= 0.6 is 12.2 Å². The zero-order valence-corrected chi connectivity index (χ0v) is 15.8. The van der Waals surface area contributed by atoms with Crippen LogP contribution < -0.4 is 20.3 Å². The van der Waals surface area contributed by atoms with Gasteiger partial charge in [0.25, 0.3) is 0 Å². The van der Waals surface area contributed by atoms with Crippen molar-refractivity contribution < 1.29 is 4.74 Å². The molecule has 0 amide bonds. The molecule has 1 aliphatic rings. The summed E-state index contributed by atoms with van der Waals surface area (Å²) in [6.45, 7) is 2.59. The molecule has 2 aromatic heterocycles. The first-order valence-corrected chi connectivity index (χ1v) is 9.27. The van der Waals surface area contributed by atoms with E-state index in [0.29, 0.717) is 23.5 Å². The molecule has 7 nitrogen and oxygen atoms in total. The van der Waals surface area contributed by atoms with E-state index in [1.165, 1.54) is 25.7 Å². The van der Waals surface area contributed by atoms with Crippen molar-refractivity contribution in [2.75, 3.05) is 30.4 Å². The van der Waals surface area contributed by atoms with Gasteiger partial charge in [0, 0.05) is 38.1 Å². The molecule has 2 aromatic rings. The second-order valence-electron chi connectivity index (χ2n) is 6.16. The molecule has 8 heteroatoms. The Morgan fingerprint density at radius 2 is 2.04 bits per heavy atom. The fraction of sp³-hybridized carbons (Fsp3) is 0.444. The molecule has 3 heterocycles. The molecule has 3 rings (SSSR count). The van der Waals surface area contributed by atoms with Gasteiger partial charge in [-0.25, -0.2) is 0 Å². The van der Waals surface area contributed by atoms with E-state index < -0.39 is 0 Å². The number of methoxy groups -OCH3 is 1. The SMILES string of the molecule is COc1cc(N2CCCCCC2)nc(NC(=S)NCc2cccnc2)n1. The van der Waals surface area contributed by atoms with Gasteiger partial charge in [-0.05, 0) is 36.7 Å². The molecular weight excluding hydrogens is 348 g/mol.